The van der Waals surface area contributed by atoms with E-state index >= 15 is 0 Å². The zero-order chi connectivity index (χ0) is 18.0. The lowest BCUT2D eigenvalue weighted by molar-refractivity contribution is -0.120. The number of benzene rings is 2. The van der Waals surface area contributed by atoms with Crippen molar-refractivity contribution in [3.05, 3.63) is 51.5 Å². The molecule has 0 radical (unpaired) electrons. The molecule has 1 aromatic heterocycles. The van der Waals surface area contributed by atoms with Crippen molar-refractivity contribution in [1.82, 2.24) is 4.98 Å². The highest BCUT2D eigenvalue weighted by Gasteiger charge is 2.14. The molecule has 0 saturated carbocycles. The van der Waals surface area contributed by atoms with Gasteiger partial charge in [-0.1, -0.05) is 46.9 Å². The minimum absolute atomic E-state index is 0.0606. The molecule has 0 aliphatic rings. The molecule has 2 aromatic carbocycles. The molecule has 0 saturated heterocycles. The summed E-state index contributed by atoms with van der Waals surface area (Å²) in [6.07, 6.45) is 0. The van der Waals surface area contributed by atoms with E-state index in [1.165, 1.54) is 6.07 Å². The number of halogens is 3. The number of carbonyl (C=O) groups is 1. The van der Waals surface area contributed by atoms with Gasteiger partial charge in [-0.25, -0.2) is 0 Å². The Kier molecular flexibility index (Phi) is 5.13. The Balaban J connectivity index is 1.78. The quantitative estimate of drug-likeness (QED) is 0.567. The van der Waals surface area contributed by atoms with Gasteiger partial charge in [0.05, 0.1) is 15.6 Å². The van der Waals surface area contributed by atoms with Crippen LogP contribution in [0.15, 0.2) is 46.6 Å². The molecular weight excluding hydrogens is 389 g/mol. The Hall–Kier alpha value is -2.28. The van der Waals surface area contributed by atoms with Crippen molar-refractivity contribution in [1.29, 1.82) is 0 Å². The monoisotopic (exact) mass is 397 g/mol. The van der Waals surface area contributed by atoms with Crippen molar-refractivity contribution in [3.63, 3.8) is 0 Å². The van der Waals surface area contributed by atoms with Crippen LogP contribution in [0, 0.1) is 0 Å². The minimum Gasteiger partial charge on any atom is -0.493 e. The number of aromatic amines is 1. The van der Waals surface area contributed by atoms with Crippen LogP contribution < -0.4 is 4.74 Å². The highest BCUT2D eigenvalue weighted by Crippen LogP contribution is 2.40. The molecule has 6 nitrogen and oxygen atoms in total. The van der Waals surface area contributed by atoms with Crippen molar-refractivity contribution >= 4 is 57.3 Å². The van der Waals surface area contributed by atoms with Crippen LogP contribution in [0.5, 0.6) is 11.6 Å². The molecule has 0 atom stereocenters. The topological polar surface area (TPSA) is 87.0 Å². The average Bonchev–Trinajstić information content (AvgIpc) is 2.88. The van der Waals surface area contributed by atoms with Gasteiger partial charge in [-0.2, -0.15) is 0 Å². The van der Waals surface area contributed by atoms with Gasteiger partial charge in [0.25, 0.3) is 0 Å². The fourth-order valence-corrected chi connectivity index (χ4v) is 2.86. The highest BCUT2D eigenvalue weighted by molar-refractivity contribution is 6.38. The Labute approximate surface area is 157 Å². The van der Waals surface area contributed by atoms with Crippen molar-refractivity contribution in [2.75, 3.05) is 6.61 Å². The zero-order valence-corrected chi connectivity index (χ0v) is 14.7. The standard InChI is InChI=1S/C16H10Cl3N3O3/c17-8-5-9-14(11(19)6-8)20-16(24)15(9)22-21-13(23)7-25-12-4-2-1-3-10(12)18/h1-6,20,24H,7H2. The predicted octanol–water partition coefficient (Wildman–Crippen LogP) is 5.52. The van der Waals surface area contributed by atoms with E-state index < -0.39 is 5.91 Å². The van der Waals surface area contributed by atoms with Crippen LogP contribution in [0.4, 0.5) is 5.69 Å². The van der Waals surface area contributed by atoms with Crippen molar-refractivity contribution in [3.8, 4) is 11.6 Å². The van der Waals surface area contributed by atoms with Gasteiger partial charge in [0.1, 0.15) is 5.75 Å². The number of nitrogens with zero attached hydrogens (tertiary/aromatic N) is 2. The Morgan fingerprint density at radius 2 is 1.92 bits per heavy atom. The van der Waals surface area contributed by atoms with E-state index in [0.717, 1.165) is 0 Å². The summed E-state index contributed by atoms with van der Waals surface area (Å²) in [7, 11) is 0. The van der Waals surface area contributed by atoms with Gasteiger partial charge in [-0.05, 0) is 24.3 Å². The molecule has 0 unspecified atom stereocenters. The maximum absolute atomic E-state index is 11.8. The second-order valence-corrected chi connectivity index (χ2v) is 6.20. The molecule has 0 spiro atoms. The summed E-state index contributed by atoms with van der Waals surface area (Å²) in [5.74, 6) is -0.564. The molecule has 2 N–H and O–H groups in total. The lowest BCUT2D eigenvalue weighted by Gasteiger charge is -2.04. The Bertz CT molecular complexity index is 985. The second-order valence-electron chi connectivity index (χ2n) is 4.95. The number of aromatic hydroxyl groups is 1. The first kappa shape index (κ1) is 17.5. The number of rotatable bonds is 4. The number of ether oxygens (including phenoxy) is 1. The number of hydrogen-bond donors (Lipinski definition) is 2. The van der Waals surface area contributed by atoms with Gasteiger partial charge in [0.2, 0.25) is 5.88 Å². The van der Waals surface area contributed by atoms with E-state index in [1.54, 1.807) is 30.3 Å². The largest absolute Gasteiger partial charge is 0.493 e. The number of hydrogen-bond acceptors (Lipinski definition) is 4. The molecule has 0 fully saturated rings. The number of fused-ring (bicyclic) bond motifs is 1. The van der Waals surface area contributed by atoms with E-state index in [-0.39, 0.29) is 18.2 Å². The van der Waals surface area contributed by atoms with Crippen LogP contribution in [0.1, 0.15) is 0 Å². The maximum Gasteiger partial charge on any atom is 0.302 e. The molecule has 1 heterocycles. The van der Waals surface area contributed by atoms with Crippen LogP contribution in [0.25, 0.3) is 10.9 Å². The van der Waals surface area contributed by atoms with E-state index in [9.17, 15) is 9.90 Å². The van der Waals surface area contributed by atoms with E-state index in [4.69, 9.17) is 39.5 Å². The normalized spacial score (nSPS) is 11.3. The van der Waals surface area contributed by atoms with Gasteiger partial charge in [0.15, 0.2) is 12.3 Å². The van der Waals surface area contributed by atoms with Crippen LogP contribution in [-0.2, 0) is 4.79 Å². The third-order valence-corrected chi connectivity index (χ3v) is 4.06. The van der Waals surface area contributed by atoms with E-state index in [2.05, 4.69) is 15.2 Å². The van der Waals surface area contributed by atoms with Crippen molar-refractivity contribution in [2.45, 2.75) is 0 Å². The average molecular weight is 399 g/mol. The lowest BCUT2D eigenvalue weighted by atomic mass is 10.2. The summed E-state index contributed by atoms with van der Waals surface area (Å²) < 4.78 is 5.28. The van der Waals surface area contributed by atoms with Gasteiger partial charge in [0, 0.05) is 10.4 Å². The van der Waals surface area contributed by atoms with Crippen molar-refractivity contribution < 1.29 is 14.6 Å². The van der Waals surface area contributed by atoms with Crippen LogP contribution in [0.2, 0.25) is 15.1 Å². The molecule has 0 aliphatic carbocycles. The second kappa shape index (κ2) is 7.31. The number of para-hydroxylation sites is 1. The summed E-state index contributed by atoms with van der Waals surface area (Å²) in [6, 6.07) is 9.81. The SMILES string of the molecule is O=C(COc1ccccc1Cl)N=Nc1c(O)[nH]c2c(Cl)cc(Cl)cc12. The number of nitrogens with one attached hydrogen (secondary N) is 1. The molecule has 3 aromatic rings. The summed E-state index contributed by atoms with van der Waals surface area (Å²) in [5.41, 5.74) is 0.503. The molecule has 9 heteroatoms. The summed E-state index contributed by atoms with van der Waals surface area (Å²) in [5, 5.41) is 18.7. The van der Waals surface area contributed by atoms with E-state index in [0.29, 0.717) is 31.7 Å². The number of H-pyrrole nitrogens is 1. The fourth-order valence-electron chi connectivity index (χ4n) is 2.13. The maximum atomic E-state index is 11.8. The molecule has 1 amide bonds. The molecular formula is C16H10Cl3N3O3. The predicted molar refractivity (Wildman–Crippen MR) is 96.5 cm³/mol. The fraction of sp³-hybridized carbons (Fsp3) is 0.0625. The first-order chi connectivity index (χ1) is 12.0. The van der Waals surface area contributed by atoms with Crippen LogP contribution in [0.3, 0.4) is 0 Å². The number of carbonyl (C=O) groups excluding carboxylic acids is 1. The Morgan fingerprint density at radius 1 is 1.16 bits per heavy atom. The third-order valence-electron chi connectivity index (χ3n) is 3.23. The summed E-state index contributed by atoms with van der Waals surface area (Å²) >= 11 is 17.9. The summed E-state index contributed by atoms with van der Waals surface area (Å²) in [4.78, 5) is 14.5. The van der Waals surface area contributed by atoms with E-state index in [1.807, 2.05) is 0 Å². The van der Waals surface area contributed by atoms with Crippen LogP contribution >= 0.6 is 34.8 Å². The number of aromatic nitrogens is 1. The molecule has 25 heavy (non-hydrogen) atoms. The zero-order valence-electron chi connectivity index (χ0n) is 12.5. The van der Waals surface area contributed by atoms with Gasteiger partial charge in [-0.3, -0.25) is 4.79 Å². The first-order valence-electron chi connectivity index (χ1n) is 6.97. The highest BCUT2D eigenvalue weighted by atomic mass is 35.5. The number of amides is 1. The lowest BCUT2D eigenvalue weighted by Crippen LogP contribution is -2.08. The number of azo groups is 1. The molecule has 128 valence electrons. The molecule has 3 rings (SSSR count). The van der Waals surface area contributed by atoms with Gasteiger partial charge >= 0.3 is 5.91 Å². The smallest absolute Gasteiger partial charge is 0.302 e. The van der Waals surface area contributed by atoms with Gasteiger partial charge < -0.3 is 14.8 Å². The van der Waals surface area contributed by atoms with Gasteiger partial charge in [-0.15, -0.1) is 10.2 Å². The van der Waals surface area contributed by atoms with Crippen LogP contribution in [-0.4, -0.2) is 22.6 Å². The van der Waals surface area contributed by atoms with Crippen molar-refractivity contribution in [2.24, 2.45) is 10.2 Å². The Morgan fingerprint density at radius 3 is 2.68 bits per heavy atom. The summed E-state index contributed by atoms with van der Waals surface area (Å²) in [6.45, 7) is -0.349. The first-order valence-corrected chi connectivity index (χ1v) is 8.10. The molecule has 0 bridgehead atoms. The molecule has 0 aliphatic heterocycles. The minimum atomic E-state index is -0.651. The third kappa shape index (κ3) is 3.87.